The number of likely N-dealkylation sites (tertiary alicyclic amines) is 1. The van der Waals surface area contributed by atoms with Gasteiger partial charge in [-0.3, -0.25) is 14.2 Å². The number of rotatable bonds is 4. The second-order valence-electron chi connectivity index (χ2n) is 7.91. The second kappa shape index (κ2) is 7.36. The minimum absolute atomic E-state index is 0.120. The molecule has 4 heterocycles. The van der Waals surface area contributed by atoms with Gasteiger partial charge in [0.2, 0.25) is 5.91 Å². The van der Waals surface area contributed by atoms with Crippen LogP contribution in [0, 0.1) is 0 Å². The van der Waals surface area contributed by atoms with E-state index in [-0.39, 0.29) is 16.9 Å². The molecule has 2 aliphatic heterocycles. The molecule has 2 aromatic heterocycles. The highest BCUT2D eigenvalue weighted by Gasteiger charge is 2.48. The third-order valence-electron chi connectivity index (χ3n) is 6.21. The van der Waals surface area contributed by atoms with E-state index < -0.39 is 0 Å². The number of carbonyl (C=O) groups excluding carboxylic acids is 1. The van der Waals surface area contributed by atoms with E-state index in [0.29, 0.717) is 31.7 Å². The molecule has 0 unspecified atom stereocenters. The van der Waals surface area contributed by atoms with Gasteiger partial charge < -0.3 is 9.64 Å². The Bertz CT molecular complexity index is 1140. The zero-order valence-corrected chi connectivity index (χ0v) is 17.5. The van der Waals surface area contributed by atoms with Gasteiger partial charge in [-0.15, -0.1) is 21.5 Å². The smallest absolute Gasteiger partial charge is 0.280 e. The predicted octanol–water partition coefficient (Wildman–Crippen LogP) is 2.49. The van der Waals surface area contributed by atoms with Gasteiger partial charge >= 0.3 is 0 Å². The van der Waals surface area contributed by atoms with E-state index in [4.69, 9.17) is 4.74 Å². The molecule has 8 heteroatoms. The standard InChI is InChI=1S/C22H22N4O3S/c1-29-16-6-4-15(5-7-16)19-20(28)26-11-9-22(21(26)24-23-19)8-10-25(14-22)18(27)13-17-3-2-12-30-17/h2-7,12H,8-11,13-14H2,1H3/t22-/m0/s1. The third kappa shape index (κ3) is 3.11. The van der Waals surface area contributed by atoms with Gasteiger partial charge in [0.15, 0.2) is 5.69 Å². The van der Waals surface area contributed by atoms with Crippen LogP contribution in [0.2, 0.25) is 0 Å². The molecule has 2 aliphatic rings. The van der Waals surface area contributed by atoms with E-state index in [1.807, 2.05) is 46.7 Å². The molecule has 5 rings (SSSR count). The first-order valence-electron chi connectivity index (χ1n) is 10.0. The number of methoxy groups -OCH3 is 1. The number of hydrogen-bond donors (Lipinski definition) is 0. The highest BCUT2D eigenvalue weighted by molar-refractivity contribution is 7.10. The van der Waals surface area contributed by atoms with Gasteiger partial charge in [-0.2, -0.15) is 0 Å². The Morgan fingerprint density at radius 3 is 2.70 bits per heavy atom. The molecule has 0 radical (unpaired) electrons. The van der Waals surface area contributed by atoms with Crippen LogP contribution in [0.4, 0.5) is 0 Å². The van der Waals surface area contributed by atoms with Crippen molar-refractivity contribution in [2.45, 2.75) is 31.2 Å². The highest BCUT2D eigenvalue weighted by atomic mass is 32.1. The number of hydrogen-bond acceptors (Lipinski definition) is 6. The lowest BCUT2D eigenvalue weighted by Gasteiger charge is -2.23. The lowest BCUT2D eigenvalue weighted by molar-refractivity contribution is -0.129. The Kier molecular flexibility index (Phi) is 4.66. The summed E-state index contributed by atoms with van der Waals surface area (Å²) in [4.78, 5) is 28.9. The van der Waals surface area contributed by atoms with E-state index in [1.54, 1.807) is 23.0 Å². The van der Waals surface area contributed by atoms with Crippen LogP contribution in [0.5, 0.6) is 5.75 Å². The number of aromatic nitrogens is 3. The molecular formula is C22H22N4O3S. The first-order chi connectivity index (χ1) is 14.6. The molecular weight excluding hydrogens is 400 g/mol. The molecule has 1 amide bonds. The Morgan fingerprint density at radius 2 is 1.97 bits per heavy atom. The fourth-order valence-corrected chi connectivity index (χ4v) is 5.23. The van der Waals surface area contributed by atoms with Crippen molar-refractivity contribution < 1.29 is 9.53 Å². The molecule has 1 atom stereocenters. The fourth-order valence-electron chi connectivity index (χ4n) is 4.53. The molecule has 0 aliphatic carbocycles. The largest absolute Gasteiger partial charge is 0.497 e. The van der Waals surface area contributed by atoms with Gasteiger partial charge in [0.1, 0.15) is 11.6 Å². The van der Waals surface area contributed by atoms with Crippen LogP contribution in [0.3, 0.4) is 0 Å². The fraction of sp³-hybridized carbons (Fsp3) is 0.364. The molecule has 7 nitrogen and oxygen atoms in total. The van der Waals surface area contributed by atoms with Crippen LogP contribution in [-0.2, 0) is 23.2 Å². The molecule has 1 saturated heterocycles. The molecule has 30 heavy (non-hydrogen) atoms. The minimum Gasteiger partial charge on any atom is -0.497 e. The molecule has 0 N–H and O–H groups in total. The first-order valence-corrected chi connectivity index (χ1v) is 10.9. The minimum atomic E-state index is -0.268. The van der Waals surface area contributed by atoms with Gasteiger partial charge in [-0.05, 0) is 48.6 Å². The van der Waals surface area contributed by atoms with Crippen LogP contribution in [-0.4, -0.2) is 45.8 Å². The van der Waals surface area contributed by atoms with E-state index in [2.05, 4.69) is 10.2 Å². The number of fused-ring (bicyclic) bond motifs is 2. The summed E-state index contributed by atoms with van der Waals surface area (Å²) in [5.41, 5.74) is 0.687. The SMILES string of the molecule is COc1ccc(-c2nnc3n(c2=O)CC[C@]32CCN(C(=O)Cc3cccs3)C2)cc1. The second-order valence-corrected chi connectivity index (χ2v) is 8.94. The van der Waals surface area contributed by atoms with Crippen molar-refractivity contribution in [3.8, 4) is 17.0 Å². The number of carbonyl (C=O) groups is 1. The van der Waals surface area contributed by atoms with Crippen LogP contribution in [0.25, 0.3) is 11.3 Å². The Morgan fingerprint density at radius 1 is 1.17 bits per heavy atom. The average molecular weight is 423 g/mol. The van der Waals surface area contributed by atoms with Crippen molar-refractivity contribution in [3.05, 3.63) is 62.8 Å². The summed E-state index contributed by atoms with van der Waals surface area (Å²) < 4.78 is 6.93. The Hall–Kier alpha value is -3.00. The van der Waals surface area contributed by atoms with E-state index >= 15 is 0 Å². The molecule has 0 bridgehead atoms. The van der Waals surface area contributed by atoms with Crippen molar-refractivity contribution in [2.75, 3.05) is 20.2 Å². The van der Waals surface area contributed by atoms with E-state index in [0.717, 1.165) is 34.9 Å². The monoisotopic (exact) mass is 422 g/mol. The summed E-state index contributed by atoms with van der Waals surface area (Å²) in [6.45, 7) is 1.91. The molecule has 1 aromatic carbocycles. The maximum Gasteiger partial charge on any atom is 0.280 e. The van der Waals surface area contributed by atoms with Crippen molar-refractivity contribution in [3.63, 3.8) is 0 Å². The quantitative estimate of drug-likeness (QED) is 0.646. The van der Waals surface area contributed by atoms with Crippen molar-refractivity contribution in [1.29, 1.82) is 0 Å². The first kappa shape index (κ1) is 19.0. The number of thiophene rings is 1. The van der Waals surface area contributed by atoms with Crippen LogP contribution < -0.4 is 10.3 Å². The lowest BCUT2D eigenvalue weighted by Crippen LogP contribution is -2.36. The van der Waals surface area contributed by atoms with Gasteiger partial charge in [0.05, 0.1) is 18.9 Å². The number of nitrogens with zero attached hydrogens (tertiary/aromatic N) is 4. The highest BCUT2D eigenvalue weighted by Crippen LogP contribution is 2.41. The van der Waals surface area contributed by atoms with Crippen LogP contribution >= 0.6 is 11.3 Å². The van der Waals surface area contributed by atoms with E-state index in [1.165, 1.54) is 0 Å². The zero-order valence-electron chi connectivity index (χ0n) is 16.7. The lowest BCUT2D eigenvalue weighted by atomic mass is 9.85. The average Bonchev–Trinajstić information content (AvgIpc) is 3.51. The van der Waals surface area contributed by atoms with Crippen LogP contribution in [0.15, 0.2) is 46.6 Å². The zero-order chi connectivity index (χ0) is 20.7. The van der Waals surface area contributed by atoms with Gasteiger partial charge in [0, 0.05) is 30.1 Å². The number of benzene rings is 1. The number of amides is 1. The molecule has 154 valence electrons. The summed E-state index contributed by atoms with van der Waals surface area (Å²) in [6, 6.07) is 11.2. The van der Waals surface area contributed by atoms with Gasteiger partial charge in [0.25, 0.3) is 5.56 Å². The molecule has 1 spiro atoms. The summed E-state index contributed by atoms with van der Waals surface area (Å²) in [6.07, 6.45) is 2.06. The van der Waals surface area contributed by atoms with Crippen molar-refractivity contribution >= 4 is 17.2 Å². The number of ether oxygens (including phenoxy) is 1. The topological polar surface area (TPSA) is 77.3 Å². The molecule has 0 saturated carbocycles. The van der Waals surface area contributed by atoms with Crippen molar-refractivity contribution in [2.24, 2.45) is 0 Å². The van der Waals surface area contributed by atoms with Gasteiger partial charge in [-0.1, -0.05) is 6.07 Å². The summed E-state index contributed by atoms with van der Waals surface area (Å²) >= 11 is 1.60. The normalized spacial score (nSPS) is 20.0. The molecule has 3 aromatic rings. The Labute approximate surface area is 177 Å². The maximum atomic E-state index is 13.1. The van der Waals surface area contributed by atoms with Crippen molar-refractivity contribution in [1.82, 2.24) is 19.7 Å². The maximum absolute atomic E-state index is 13.1. The van der Waals surface area contributed by atoms with Gasteiger partial charge in [-0.25, -0.2) is 0 Å². The summed E-state index contributed by atoms with van der Waals surface area (Å²) in [5.74, 6) is 1.58. The summed E-state index contributed by atoms with van der Waals surface area (Å²) in [7, 11) is 1.61. The van der Waals surface area contributed by atoms with E-state index in [9.17, 15) is 9.59 Å². The Balaban J connectivity index is 1.40. The molecule has 1 fully saturated rings. The third-order valence-corrected chi connectivity index (χ3v) is 7.09. The van der Waals surface area contributed by atoms with Crippen LogP contribution in [0.1, 0.15) is 23.5 Å². The summed E-state index contributed by atoms with van der Waals surface area (Å²) in [5, 5.41) is 10.8. The predicted molar refractivity (Wildman–Crippen MR) is 114 cm³/mol.